The van der Waals surface area contributed by atoms with Crippen LogP contribution in [0.4, 0.5) is 0 Å². The molecule has 0 saturated carbocycles. The van der Waals surface area contributed by atoms with Crippen molar-refractivity contribution in [2.24, 2.45) is 0 Å². The molecule has 0 spiro atoms. The molecule has 2 atom stereocenters. The Morgan fingerprint density at radius 3 is 1.95 bits per heavy atom. The summed E-state index contributed by atoms with van der Waals surface area (Å²) in [5.74, 6) is 0.0920. The maximum absolute atomic E-state index is 11.8. The Balaban J connectivity index is 0.000000266. The van der Waals surface area contributed by atoms with E-state index in [1.54, 1.807) is 6.92 Å². The van der Waals surface area contributed by atoms with Gasteiger partial charge in [-0.2, -0.15) is 0 Å². The highest BCUT2D eigenvalue weighted by atomic mass is 16.5. The Morgan fingerprint density at radius 1 is 0.850 bits per heavy atom. The van der Waals surface area contributed by atoms with Crippen LogP contribution in [0.5, 0.6) is 0 Å². The van der Waals surface area contributed by atoms with Crippen molar-refractivity contribution >= 4 is 12.0 Å². The Morgan fingerprint density at radius 2 is 1.40 bits per heavy atom. The molecule has 0 fully saturated rings. The van der Waals surface area contributed by atoms with Crippen LogP contribution in [0.25, 0.3) is 11.1 Å². The molecule has 4 aromatic carbocycles. The van der Waals surface area contributed by atoms with Gasteiger partial charge in [-0.15, -0.1) is 0 Å². The predicted molar refractivity (Wildman–Crippen MR) is 169 cm³/mol. The van der Waals surface area contributed by atoms with Crippen molar-refractivity contribution in [2.45, 2.75) is 73.5 Å². The third kappa shape index (κ3) is 6.00. The fourth-order valence-corrected chi connectivity index (χ4v) is 5.22. The van der Waals surface area contributed by atoms with E-state index in [2.05, 4.69) is 95.3 Å². The third-order valence-electron chi connectivity index (χ3n) is 7.40. The first-order valence-electron chi connectivity index (χ1n) is 13.9. The van der Waals surface area contributed by atoms with E-state index in [0.717, 1.165) is 23.1 Å². The molecule has 2 bridgehead atoms. The molecule has 3 nitrogen and oxygen atoms in total. The number of carbonyl (C=O) groups excluding carboxylic acids is 1. The normalized spacial score (nSPS) is 17.2. The Kier molecular flexibility index (Phi) is 10.0. The SMILES string of the molecule is C.CC(=O)c1ccc2c(c1)C1OC2(C)c2ccc(-c3ccc(C)cc3)cc21.CCC.CCc1ccc(C=N)cc1. The van der Waals surface area contributed by atoms with Crippen LogP contribution < -0.4 is 0 Å². The highest BCUT2D eigenvalue weighted by molar-refractivity contribution is 5.94. The van der Waals surface area contributed by atoms with Crippen molar-refractivity contribution in [3.63, 3.8) is 0 Å². The van der Waals surface area contributed by atoms with E-state index >= 15 is 0 Å². The molecule has 208 valence electrons. The molecule has 1 N–H and O–H groups in total. The van der Waals surface area contributed by atoms with E-state index in [1.807, 2.05) is 24.3 Å². The highest BCUT2D eigenvalue weighted by Crippen LogP contribution is 2.58. The lowest BCUT2D eigenvalue weighted by Crippen LogP contribution is -2.20. The van der Waals surface area contributed by atoms with Gasteiger partial charge in [0, 0.05) is 11.8 Å². The second kappa shape index (κ2) is 13.0. The van der Waals surface area contributed by atoms with E-state index in [-0.39, 0.29) is 19.3 Å². The molecular weight excluding hydrogens is 490 g/mol. The predicted octanol–water partition coefficient (Wildman–Crippen LogP) is 9.86. The van der Waals surface area contributed by atoms with E-state index < -0.39 is 5.60 Å². The molecule has 3 heteroatoms. The zero-order valence-electron chi connectivity index (χ0n) is 24.0. The summed E-state index contributed by atoms with van der Waals surface area (Å²) < 4.78 is 6.43. The van der Waals surface area contributed by atoms with Crippen molar-refractivity contribution in [2.75, 3.05) is 0 Å². The Labute approximate surface area is 240 Å². The van der Waals surface area contributed by atoms with Crippen LogP contribution >= 0.6 is 0 Å². The van der Waals surface area contributed by atoms with Gasteiger partial charge in [-0.05, 0) is 83.8 Å². The molecule has 0 saturated heterocycles. The number of hydrogen-bond acceptors (Lipinski definition) is 3. The second-order valence-electron chi connectivity index (χ2n) is 10.5. The number of ketones is 1. The van der Waals surface area contributed by atoms with Gasteiger partial charge in [0.25, 0.3) is 0 Å². The van der Waals surface area contributed by atoms with Crippen LogP contribution in [-0.4, -0.2) is 12.0 Å². The number of fused-ring (bicyclic) bond motifs is 8. The molecule has 40 heavy (non-hydrogen) atoms. The number of nitrogens with one attached hydrogen (secondary N) is 1. The van der Waals surface area contributed by atoms with Gasteiger partial charge in [-0.25, -0.2) is 0 Å². The Hall–Kier alpha value is -3.82. The summed E-state index contributed by atoms with van der Waals surface area (Å²) in [5, 5.41) is 6.95. The standard InChI is InChI=1S/C24H20O2.C9H11N.C3H8.CH4/c1-14-4-6-16(7-5-14)18-9-11-22-20(13-18)23-19-12-17(15(2)25)8-10-21(19)24(22,3)26-23;1-2-8-3-5-9(7-10)6-4-8;1-3-2;/h4-13,23H,1-3H3;3-7,10H,2H2,1H3;3H2,1-2H3;1H4. The fourth-order valence-electron chi connectivity index (χ4n) is 5.22. The van der Waals surface area contributed by atoms with Crippen LogP contribution in [-0.2, 0) is 16.8 Å². The summed E-state index contributed by atoms with van der Waals surface area (Å²) in [5.41, 5.74) is 11.1. The number of Topliss-reactive ketones (excluding diaryl/α,β-unsaturated/α-hetero) is 1. The lowest BCUT2D eigenvalue weighted by Gasteiger charge is -2.25. The summed E-state index contributed by atoms with van der Waals surface area (Å²) in [6.45, 7) is 12.2. The smallest absolute Gasteiger partial charge is 0.159 e. The third-order valence-corrected chi connectivity index (χ3v) is 7.40. The number of carbonyl (C=O) groups is 1. The van der Waals surface area contributed by atoms with Crippen LogP contribution in [0.1, 0.15) is 104 Å². The van der Waals surface area contributed by atoms with Crippen LogP contribution in [0.15, 0.2) is 84.9 Å². The molecule has 0 aliphatic carbocycles. The molecule has 6 rings (SSSR count). The van der Waals surface area contributed by atoms with Gasteiger partial charge in [-0.3, -0.25) is 4.79 Å². The van der Waals surface area contributed by atoms with E-state index in [1.165, 1.54) is 51.6 Å². The molecule has 2 unspecified atom stereocenters. The molecule has 2 heterocycles. The van der Waals surface area contributed by atoms with Crippen molar-refractivity contribution in [1.82, 2.24) is 0 Å². The average molecular weight is 534 g/mol. The largest absolute Gasteiger partial charge is 0.353 e. The topological polar surface area (TPSA) is 50.2 Å². The van der Waals surface area contributed by atoms with Crippen molar-refractivity contribution in [3.05, 3.63) is 129 Å². The first-order chi connectivity index (χ1) is 18.7. The van der Waals surface area contributed by atoms with Gasteiger partial charge in [0.2, 0.25) is 0 Å². The fraction of sp³-hybridized carbons (Fsp3) is 0.297. The van der Waals surface area contributed by atoms with Gasteiger partial charge < -0.3 is 10.1 Å². The number of rotatable bonds is 4. The maximum Gasteiger partial charge on any atom is 0.159 e. The summed E-state index contributed by atoms with van der Waals surface area (Å²) in [7, 11) is 0. The monoisotopic (exact) mass is 533 g/mol. The van der Waals surface area contributed by atoms with Gasteiger partial charge in [0.1, 0.15) is 11.7 Å². The summed E-state index contributed by atoms with van der Waals surface area (Å²) >= 11 is 0. The highest BCUT2D eigenvalue weighted by Gasteiger charge is 2.51. The summed E-state index contributed by atoms with van der Waals surface area (Å²) in [6.07, 6.45) is 3.59. The van der Waals surface area contributed by atoms with E-state index in [9.17, 15) is 4.79 Å². The zero-order valence-corrected chi connectivity index (χ0v) is 24.0. The molecule has 2 aliphatic heterocycles. The average Bonchev–Trinajstić information content (AvgIpc) is 3.43. The first kappa shape index (κ1) is 30.7. The van der Waals surface area contributed by atoms with Gasteiger partial charge >= 0.3 is 0 Å². The lowest BCUT2D eigenvalue weighted by molar-refractivity contribution is 0.00901. The van der Waals surface area contributed by atoms with Crippen molar-refractivity contribution in [3.8, 4) is 11.1 Å². The lowest BCUT2D eigenvalue weighted by atomic mass is 9.77. The zero-order chi connectivity index (χ0) is 28.2. The minimum atomic E-state index is -0.420. The van der Waals surface area contributed by atoms with Crippen molar-refractivity contribution in [1.29, 1.82) is 5.41 Å². The second-order valence-corrected chi connectivity index (χ2v) is 10.5. The van der Waals surface area contributed by atoms with Gasteiger partial charge in [0.15, 0.2) is 5.78 Å². The number of ether oxygens (including phenoxy) is 1. The van der Waals surface area contributed by atoms with E-state index in [0.29, 0.717) is 0 Å². The molecule has 0 radical (unpaired) electrons. The summed E-state index contributed by atoms with van der Waals surface area (Å²) in [4.78, 5) is 11.8. The molecule has 2 aliphatic rings. The van der Waals surface area contributed by atoms with Crippen LogP contribution in [0.2, 0.25) is 0 Å². The number of benzene rings is 4. The van der Waals surface area contributed by atoms with Crippen LogP contribution in [0, 0.1) is 12.3 Å². The van der Waals surface area contributed by atoms with Gasteiger partial charge in [0.05, 0.1) is 0 Å². The maximum atomic E-state index is 11.8. The minimum absolute atomic E-state index is 0. The van der Waals surface area contributed by atoms with Gasteiger partial charge in [-0.1, -0.05) is 113 Å². The number of aryl methyl sites for hydroxylation is 2. The number of hydrogen-bond donors (Lipinski definition) is 1. The van der Waals surface area contributed by atoms with Crippen LogP contribution in [0.3, 0.4) is 0 Å². The Bertz CT molecular complexity index is 1470. The molecular formula is C37H43NO2. The molecule has 0 aromatic heterocycles. The first-order valence-corrected chi connectivity index (χ1v) is 13.9. The minimum Gasteiger partial charge on any atom is -0.353 e. The van der Waals surface area contributed by atoms with E-state index in [4.69, 9.17) is 10.1 Å². The summed E-state index contributed by atoms with van der Waals surface area (Å²) in [6, 6.07) is 29.3. The quantitative estimate of drug-likeness (QED) is 0.210. The van der Waals surface area contributed by atoms with Crippen molar-refractivity contribution < 1.29 is 9.53 Å². The molecule has 4 aromatic rings. The molecule has 0 amide bonds.